The number of esters is 1. The SMILES string of the molecule is COC(=O)CCC/C=C\C[C@@H]1[C@@H](/C=C/[C@@H](OC2CCCCO2)C(C)(C)CC=C(C)C)[C@H](OC2CCCCO2)C[C@H]1Cl. The van der Waals surface area contributed by atoms with Crippen LogP contribution in [0.5, 0.6) is 0 Å². The smallest absolute Gasteiger partial charge is 0.305 e. The molecule has 3 aliphatic rings. The molecule has 7 heteroatoms. The zero-order valence-corrected chi connectivity index (χ0v) is 26.9. The van der Waals surface area contributed by atoms with Gasteiger partial charge in [0.25, 0.3) is 0 Å². The zero-order valence-electron chi connectivity index (χ0n) is 26.2. The van der Waals surface area contributed by atoms with Crippen molar-refractivity contribution in [2.75, 3.05) is 20.3 Å². The second kappa shape index (κ2) is 17.8. The van der Waals surface area contributed by atoms with Crippen LogP contribution in [0.2, 0.25) is 0 Å². The Balaban J connectivity index is 1.77. The molecule has 3 rings (SSSR count). The van der Waals surface area contributed by atoms with Gasteiger partial charge in [-0.1, -0.05) is 49.8 Å². The molecule has 0 N–H and O–H groups in total. The minimum Gasteiger partial charge on any atom is -0.469 e. The number of carbonyl (C=O) groups excluding carboxylic acids is 1. The fourth-order valence-electron chi connectivity index (χ4n) is 5.92. The molecule has 0 aromatic heterocycles. The van der Waals surface area contributed by atoms with Gasteiger partial charge in [-0.3, -0.25) is 4.79 Å². The van der Waals surface area contributed by atoms with Gasteiger partial charge < -0.3 is 23.7 Å². The van der Waals surface area contributed by atoms with E-state index in [9.17, 15) is 4.79 Å². The monoisotopic (exact) mass is 594 g/mol. The summed E-state index contributed by atoms with van der Waals surface area (Å²) in [4.78, 5) is 11.4. The first-order chi connectivity index (χ1) is 19.7. The molecular weight excluding hydrogens is 540 g/mol. The van der Waals surface area contributed by atoms with Gasteiger partial charge in [-0.2, -0.15) is 0 Å². The molecule has 0 aromatic rings. The first kappa shape index (κ1) is 34.3. The number of hydrogen-bond acceptors (Lipinski definition) is 6. The molecule has 7 atom stereocenters. The van der Waals surface area contributed by atoms with Crippen LogP contribution in [0, 0.1) is 17.3 Å². The normalized spacial score (nSPS) is 30.1. The van der Waals surface area contributed by atoms with Crippen molar-refractivity contribution in [2.24, 2.45) is 17.3 Å². The van der Waals surface area contributed by atoms with Crippen LogP contribution in [-0.4, -0.2) is 56.5 Å². The predicted octanol–water partition coefficient (Wildman–Crippen LogP) is 8.28. The number of hydrogen-bond donors (Lipinski definition) is 0. The van der Waals surface area contributed by atoms with Crippen LogP contribution in [-0.2, 0) is 28.5 Å². The quantitative estimate of drug-likeness (QED) is 0.0822. The van der Waals surface area contributed by atoms with Crippen molar-refractivity contribution >= 4 is 17.6 Å². The van der Waals surface area contributed by atoms with Crippen LogP contribution in [0.4, 0.5) is 0 Å². The molecule has 1 aliphatic carbocycles. The summed E-state index contributed by atoms with van der Waals surface area (Å²) in [5.74, 6) is 0.235. The lowest BCUT2D eigenvalue weighted by Gasteiger charge is -2.36. The summed E-state index contributed by atoms with van der Waals surface area (Å²) >= 11 is 7.02. The largest absolute Gasteiger partial charge is 0.469 e. The Morgan fingerprint density at radius 3 is 2.39 bits per heavy atom. The Morgan fingerprint density at radius 1 is 1.05 bits per heavy atom. The van der Waals surface area contributed by atoms with Gasteiger partial charge in [0.2, 0.25) is 0 Å². The van der Waals surface area contributed by atoms with Gasteiger partial charge in [-0.25, -0.2) is 0 Å². The number of methoxy groups -OCH3 is 1. The Hall–Kier alpha value is -1.18. The Bertz CT molecular complexity index is 851. The Morgan fingerprint density at radius 2 is 1.76 bits per heavy atom. The van der Waals surface area contributed by atoms with Crippen molar-refractivity contribution in [3.05, 3.63) is 36.0 Å². The lowest BCUT2D eigenvalue weighted by atomic mass is 9.81. The Kier molecular flexibility index (Phi) is 14.9. The molecule has 6 nitrogen and oxygen atoms in total. The van der Waals surface area contributed by atoms with Gasteiger partial charge in [-0.15, -0.1) is 11.6 Å². The summed E-state index contributed by atoms with van der Waals surface area (Å²) in [5, 5.41) is 0.0118. The molecule has 0 amide bonds. The summed E-state index contributed by atoms with van der Waals surface area (Å²) in [5.41, 5.74) is 1.21. The van der Waals surface area contributed by atoms with Crippen molar-refractivity contribution in [2.45, 2.75) is 135 Å². The third-order valence-electron chi connectivity index (χ3n) is 8.62. The number of ether oxygens (including phenoxy) is 5. The minimum absolute atomic E-state index is 0.00190. The lowest BCUT2D eigenvalue weighted by Crippen LogP contribution is -2.36. The molecule has 2 saturated heterocycles. The van der Waals surface area contributed by atoms with E-state index in [0.717, 1.165) is 83.8 Å². The van der Waals surface area contributed by atoms with Crippen molar-refractivity contribution in [3.8, 4) is 0 Å². The van der Waals surface area contributed by atoms with Crippen molar-refractivity contribution in [1.29, 1.82) is 0 Å². The first-order valence-corrected chi connectivity index (χ1v) is 16.3. The molecule has 1 saturated carbocycles. The van der Waals surface area contributed by atoms with E-state index in [1.807, 2.05) is 0 Å². The summed E-state index contributed by atoms with van der Waals surface area (Å²) in [6.07, 6.45) is 21.9. The molecule has 0 spiro atoms. The topological polar surface area (TPSA) is 63.2 Å². The maximum Gasteiger partial charge on any atom is 0.305 e. The van der Waals surface area contributed by atoms with Crippen LogP contribution in [0.15, 0.2) is 36.0 Å². The fraction of sp³-hybridized carbons (Fsp3) is 0.794. The van der Waals surface area contributed by atoms with Gasteiger partial charge in [0, 0.05) is 30.9 Å². The van der Waals surface area contributed by atoms with E-state index in [2.05, 4.69) is 58.1 Å². The molecule has 0 radical (unpaired) electrons. The maximum absolute atomic E-state index is 11.4. The van der Waals surface area contributed by atoms with E-state index >= 15 is 0 Å². The standard InChI is InChI=1S/C34H55ClO6/c1-25(2)20-21-34(3,4)30(41-33-17-11-13-23-39-33)19-18-27-26(14-8-6-7-9-15-31(36)37-5)28(35)24-29(27)40-32-16-10-12-22-38-32/h6,8,18-20,26-30,32-33H,7,9-17,21-24H2,1-5H3/b8-6-,19-18+/t26-,27-,28-,29-,30-,32?,33?/m1/s1. The van der Waals surface area contributed by atoms with Gasteiger partial charge in [0.1, 0.15) is 0 Å². The molecule has 3 fully saturated rings. The number of alkyl halides is 1. The Labute approximate surface area is 254 Å². The first-order valence-electron chi connectivity index (χ1n) is 15.9. The second-order valence-electron chi connectivity index (χ2n) is 12.9. The van der Waals surface area contributed by atoms with Crippen molar-refractivity contribution in [3.63, 3.8) is 0 Å². The highest BCUT2D eigenvalue weighted by Gasteiger charge is 2.43. The van der Waals surface area contributed by atoms with Crippen LogP contribution in [0.1, 0.15) is 105 Å². The third kappa shape index (κ3) is 11.8. The van der Waals surface area contributed by atoms with Crippen LogP contribution in [0.3, 0.4) is 0 Å². The number of carbonyl (C=O) groups is 1. The van der Waals surface area contributed by atoms with E-state index in [4.69, 9.17) is 35.3 Å². The number of allylic oxidation sites excluding steroid dienone is 4. The molecule has 2 unspecified atom stereocenters. The van der Waals surface area contributed by atoms with Gasteiger partial charge in [0.15, 0.2) is 12.6 Å². The van der Waals surface area contributed by atoms with Crippen molar-refractivity contribution < 1.29 is 28.5 Å². The van der Waals surface area contributed by atoms with E-state index in [1.165, 1.54) is 12.7 Å². The highest BCUT2D eigenvalue weighted by Crippen LogP contribution is 2.43. The molecule has 41 heavy (non-hydrogen) atoms. The number of unbranched alkanes of at least 4 members (excludes halogenated alkanes) is 1. The average Bonchev–Trinajstić information content (AvgIpc) is 3.25. The van der Waals surface area contributed by atoms with Crippen LogP contribution < -0.4 is 0 Å². The van der Waals surface area contributed by atoms with Crippen molar-refractivity contribution in [1.82, 2.24) is 0 Å². The van der Waals surface area contributed by atoms with E-state index in [-0.39, 0.29) is 53.4 Å². The summed E-state index contributed by atoms with van der Waals surface area (Å²) in [6, 6.07) is 0. The third-order valence-corrected chi connectivity index (χ3v) is 9.12. The number of halogens is 1. The highest BCUT2D eigenvalue weighted by molar-refractivity contribution is 6.21. The second-order valence-corrected chi connectivity index (χ2v) is 13.4. The molecule has 0 aromatic carbocycles. The predicted molar refractivity (Wildman–Crippen MR) is 165 cm³/mol. The van der Waals surface area contributed by atoms with E-state index in [1.54, 1.807) is 0 Å². The summed E-state index contributed by atoms with van der Waals surface area (Å²) < 4.78 is 30.0. The van der Waals surface area contributed by atoms with Gasteiger partial charge in [0.05, 0.1) is 19.3 Å². The minimum atomic E-state index is -0.167. The summed E-state index contributed by atoms with van der Waals surface area (Å²) in [6.45, 7) is 10.4. The fourth-order valence-corrected chi connectivity index (χ4v) is 6.37. The highest BCUT2D eigenvalue weighted by atomic mass is 35.5. The average molecular weight is 595 g/mol. The molecule has 234 valence electrons. The maximum atomic E-state index is 11.4. The van der Waals surface area contributed by atoms with Gasteiger partial charge in [-0.05, 0) is 95.8 Å². The molecule has 2 aliphatic heterocycles. The lowest BCUT2D eigenvalue weighted by molar-refractivity contribution is -0.197. The van der Waals surface area contributed by atoms with Gasteiger partial charge >= 0.3 is 5.97 Å². The molecular formula is C34H55ClO6. The van der Waals surface area contributed by atoms with E-state index < -0.39 is 0 Å². The molecule has 2 heterocycles. The van der Waals surface area contributed by atoms with E-state index in [0.29, 0.717) is 6.42 Å². The van der Waals surface area contributed by atoms with Crippen LogP contribution >= 0.6 is 11.6 Å². The molecule has 0 bridgehead atoms. The van der Waals surface area contributed by atoms with Crippen LogP contribution in [0.25, 0.3) is 0 Å². The number of rotatable bonds is 15. The summed E-state index contributed by atoms with van der Waals surface area (Å²) in [7, 11) is 1.43. The zero-order chi connectivity index (χ0) is 29.7.